The summed E-state index contributed by atoms with van der Waals surface area (Å²) in [7, 11) is -3.40. The molecular formula is C13H21N4O4S+. The van der Waals surface area contributed by atoms with E-state index in [1.807, 2.05) is 10.8 Å². The third kappa shape index (κ3) is 6.64. The first kappa shape index (κ1) is 18.1. The van der Waals surface area contributed by atoms with Crippen molar-refractivity contribution in [3.05, 3.63) is 30.1 Å². The van der Waals surface area contributed by atoms with Crippen LogP contribution in [0.3, 0.4) is 0 Å². The van der Waals surface area contributed by atoms with Crippen LogP contribution in [0.2, 0.25) is 0 Å². The zero-order valence-electron chi connectivity index (χ0n) is 12.2. The summed E-state index contributed by atoms with van der Waals surface area (Å²) in [6, 6.07) is 3.39. The van der Waals surface area contributed by atoms with E-state index >= 15 is 0 Å². The standard InChI is InChI=1S/C13H20N4O4S/c14-12(18)10-22(20,21)8-3-1-2-6-17-7-4-5-11(9-17)13(19)16-15/h4-5,7,9H,1-3,6,8,10,15H2,(H2-,14,16,18,19)/p+1. The number of aromatic nitrogens is 1. The van der Waals surface area contributed by atoms with Crippen molar-refractivity contribution in [1.82, 2.24) is 5.43 Å². The lowest BCUT2D eigenvalue weighted by Crippen LogP contribution is -2.37. The Bertz CT molecular complexity index is 631. The fourth-order valence-corrected chi connectivity index (χ4v) is 3.18. The van der Waals surface area contributed by atoms with Crippen molar-refractivity contribution in [3.63, 3.8) is 0 Å². The van der Waals surface area contributed by atoms with Gasteiger partial charge in [-0.15, -0.1) is 0 Å². The van der Waals surface area contributed by atoms with Gasteiger partial charge >= 0.3 is 0 Å². The lowest BCUT2D eigenvalue weighted by molar-refractivity contribution is -0.697. The number of carbonyl (C=O) groups excluding carboxylic acids is 2. The Balaban J connectivity index is 2.36. The van der Waals surface area contributed by atoms with Crippen molar-refractivity contribution in [3.8, 4) is 0 Å². The van der Waals surface area contributed by atoms with E-state index in [2.05, 4.69) is 5.43 Å². The van der Waals surface area contributed by atoms with Crippen LogP contribution in [0.4, 0.5) is 0 Å². The second kappa shape index (κ2) is 8.44. The number of hydrogen-bond donors (Lipinski definition) is 3. The van der Waals surface area contributed by atoms with Crippen LogP contribution in [0.5, 0.6) is 0 Å². The first-order chi connectivity index (χ1) is 10.3. The summed E-state index contributed by atoms with van der Waals surface area (Å²) in [5, 5.41) is 0. The van der Waals surface area contributed by atoms with E-state index in [1.165, 1.54) is 0 Å². The Labute approximate surface area is 129 Å². The number of nitrogen functional groups attached to an aromatic ring is 1. The molecule has 0 atom stereocenters. The predicted octanol–water partition coefficient (Wildman–Crippen LogP) is -1.35. The molecule has 1 rings (SSSR count). The van der Waals surface area contributed by atoms with Crippen LogP contribution in [0.25, 0.3) is 0 Å². The minimum atomic E-state index is -3.40. The topological polar surface area (TPSA) is 136 Å². The molecule has 0 radical (unpaired) electrons. The molecule has 0 spiro atoms. The Hall–Kier alpha value is -2.00. The second-order valence-corrected chi connectivity index (χ2v) is 7.11. The van der Waals surface area contributed by atoms with E-state index in [4.69, 9.17) is 11.6 Å². The van der Waals surface area contributed by atoms with E-state index in [-0.39, 0.29) is 11.7 Å². The summed E-state index contributed by atoms with van der Waals surface area (Å²) in [5.41, 5.74) is 7.39. The third-order valence-corrected chi connectivity index (χ3v) is 4.62. The van der Waals surface area contributed by atoms with Gasteiger partial charge in [0.2, 0.25) is 5.91 Å². The van der Waals surface area contributed by atoms with Crippen LogP contribution < -0.4 is 21.6 Å². The number of rotatable bonds is 9. The fraction of sp³-hybridized carbons (Fsp3) is 0.462. The first-order valence-corrected chi connectivity index (χ1v) is 8.65. The number of hydrogen-bond acceptors (Lipinski definition) is 5. The van der Waals surface area contributed by atoms with Crippen LogP contribution in [0.15, 0.2) is 24.5 Å². The molecule has 122 valence electrons. The quantitative estimate of drug-likeness (QED) is 0.169. The molecule has 0 unspecified atom stereocenters. The number of sulfone groups is 1. The zero-order chi connectivity index (χ0) is 16.6. The van der Waals surface area contributed by atoms with E-state index in [1.54, 1.807) is 18.3 Å². The maximum absolute atomic E-state index is 11.5. The highest BCUT2D eigenvalue weighted by molar-refractivity contribution is 7.92. The van der Waals surface area contributed by atoms with Gasteiger partial charge in [0.25, 0.3) is 5.91 Å². The van der Waals surface area contributed by atoms with Crippen LogP contribution in [0, 0.1) is 0 Å². The molecule has 0 aromatic carbocycles. The molecule has 8 nitrogen and oxygen atoms in total. The van der Waals surface area contributed by atoms with Crippen LogP contribution in [0.1, 0.15) is 29.6 Å². The molecule has 1 aromatic rings. The van der Waals surface area contributed by atoms with E-state index < -0.39 is 21.5 Å². The number of unbranched alkanes of at least 4 members (excludes halogenated alkanes) is 2. The molecule has 9 heteroatoms. The maximum atomic E-state index is 11.5. The third-order valence-electron chi connectivity index (χ3n) is 2.99. The summed E-state index contributed by atoms with van der Waals surface area (Å²) < 4.78 is 24.8. The zero-order valence-corrected chi connectivity index (χ0v) is 13.0. The number of pyridine rings is 1. The Morgan fingerprint density at radius 2 is 1.95 bits per heavy atom. The van der Waals surface area contributed by atoms with Crippen LogP contribution in [-0.2, 0) is 21.2 Å². The van der Waals surface area contributed by atoms with E-state index in [0.717, 1.165) is 6.42 Å². The Kier molecular flexibility index (Phi) is 6.93. The number of nitrogens with one attached hydrogen (secondary N) is 1. The molecule has 22 heavy (non-hydrogen) atoms. The smallest absolute Gasteiger partial charge is 0.271 e. The van der Waals surface area contributed by atoms with Crippen molar-refractivity contribution < 1.29 is 22.6 Å². The summed E-state index contributed by atoms with van der Waals surface area (Å²) >= 11 is 0. The lowest BCUT2D eigenvalue weighted by atomic mass is 10.2. The number of nitrogens with two attached hydrogens (primary N) is 2. The van der Waals surface area contributed by atoms with Crippen molar-refractivity contribution in [2.24, 2.45) is 11.6 Å². The molecule has 0 bridgehead atoms. The minimum Gasteiger partial charge on any atom is -0.369 e. The number of nitrogens with zero attached hydrogens (tertiary/aromatic N) is 1. The normalized spacial score (nSPS) is 11.1. The number of hydrazine groups is 1. The van der Waals surface area contributed by atoms with E-state index in [0.29, 0.717) is 24.9 Å². The SMILES string of the molecule is NNC(=O)c1ccc[n+](CCCCCS(=O)(=O)CC(N)=O)c1. The van der Waals surface area contributed by atoms with Gasteiger partial charge in [-0.25, -0.2) is 18.8 Å². The van der Waals surface area contributed by atoms with Gasteiger partial charge in [-0.1, -0.05) is 0 Å². The Morgan fingerprint density at radius 1 is 1.23 bits per heavy atom. The highest BCUT2D eigenvalue weighted by Gasteiger charge is 2.14. The van der Waals surface area contributed by atoms with Crippen LogP contribution >= 0.6 is 0 Å². The Morgan fingerprint density at radius 3 is 2.59 bits per heavy atom. The van der Waals surface area contributed by atoms with Gasteiger partial charge in [0.05, 0.1) is 5.75 Å². The monoisotopic (exact) mass is 329 g/mol. The van der Waals surface area contributed by atoms with Gasteiger partial charge in [0.15, 0.2) is 22.2 Å². The molecule has 0 aliphatic carbocycles. The molecule has 1 aromatic heterocycles. The highest BCUT2D eigenvalue weighted by Crippen LogP contribution is 2.01. The molecule has 2 amide bonds. The van der Waals surface area contributed by atoms with Crippen molar-refractivity contribution in [2.75, 3.05) is 11.5 Å². The summed E-state index contributed by atoms with van der Waals surface area (Å²) in [6.45, 7) is 0.654. The molecule has 1 heterocycles. The first-order valence-electron chi connectivity index (χ1n) is 6.83. The number of aryl methyl sites for hydroxylation is 1. The van der Waals surface area contributed by atoms with Crippen molar-refractivity contribution >= 4 is 21.7 Å². The summed E-state index contributed by atoms with van der Waals surface area (Å²) in [4.78, 5) is 22.0. The minimum absolute atomic E-state index is 0.0454. The van der Waals surface area contributed by atoms with Crippen molar-refractivity contribution in [1.29, 1.82) is 0 Å². The average molecular weight is 329 g/mol. The van der Waals surface area contributed by atoms with Gasteiger partial charge in [-0.3, -0.25) is 15.0 Å². The summed E-state index contributed by atoms with van der Waals surface area (Å²) in [6.07, 6.45) is 5.41. The van der Waals surface area contributed by atoms with Gasteiger partial charge in [-0.2, -0.15) is 0 Å². The van der Waals surface area contributed by atoms with Gasteiger partial charge in [-0.05, 0) is 18.9 Å². The second-order valence-electron chi connectivity index (χ2n) is 4.92. The fourth-order valence-electron chi connectivity index (χ4n) is 1.96. The molecule has 0 fully saturated rings. The van der Waals surface area contributed by atoms with Crippen LogP contribution in [-0.4, -0.2) is 31.7 Å². The molecular weight excluding hydrogens is 308 g/mol. The highest BCUT2D eigenvalue weighted by atomic mass is 32.2. The number of amides is 2. The molecule has 0 aliphatic heterocycles. The molecule has 0 saturated carbocycles. The molecule has 5 N–H and O–H groups in total. The van der Waals surface area contributed by atoms with Gasteiger partial charge in [0.1, 0.15) is 17.9 Å². The molecule has 0 saturated heterocycles. The predicted molar refractivity (Wildman–Crippen MR) is 80.0 cm³/mol. The maximum Gasteiger partial charge on any atom is 0.271 e. The number of primary amides is 1. The van der Waals surface area contributed by atoms with Gasteiger partial charge < -0.3 is 5.73 Å². The van der Waals surface area contributed by atoms with Gasteiger partial charge in [0, 0.05) is 12.5 Å². The number of carbonyl (C=O) groups is 2. The van der Waals surface area contributed by atoms with Crippen molar-refractivity contribution in [2.45, 2.75) is 25.8 Å². The lowest BCUT2D eigenvalue weighted by Gasteiger charge is -2.02. The summed E-state index contributed by atoms with van der Waals surface area (Å²) in [5.74, 6) is 3.23. The average Bonchev–Trinajstić information content (AvgIpc) is 2.45. The molecule has 0 aliphatic rings. The largest absolute Gasteiger partial charge is 0.369 e. The van der Waals surface area contributed by atoms with E-state index in [9.17, 15) is 18.0 Å².